The highest BCUT2D eigenvalue weighted by molar-refractivity contribution is 5.92. The third-order valence-electron chi connectivity index (χ3n) is 2.32. The standard InChI is InChI=1S/C11H14N6O/c1-17-5-3-8(16-17)2-4-14-11(18)9-6-13-7-10(12)15-9/h3,5-7H,2,4H2,1H3,(H2,12,15)(H,14,18). The van der Waals surface area contributed by atoms with Gasteiger partial charge < -0.3 is 11.1 Å². The highest BCUT2D eigenvalue weighted by atomic mass is 16.1. The fraction of sp³-hybridized carbons (Fsp3) is 0.273. The second-order valence-electron chi connectivity index (χ2n) is 3.82. The van der Waals surface area contributed by atoms with Crippen LogP contribution in [0.1, 0.15) is 16.2 Å². The Hall–Kier alpha value is -2.44. The van der Waals surface area contributed by atoms with Crippen LogP contribution in [0, 0.1) is 0 Å². The van der Waals surface area contributed by atoms with Crippen molar-refractivity contribution in [2.75, 3.05) is 12.3 Å². The molecule has 0 aliphatic carbocycles. The molecular formula is C11H14N6O. The van der Waals surface area contributed by atoms with Crippen molar-refractivity contribution >= 4 is 11.7 Å². The molecule has 0 spiro atoms. The molecule has 18 heavy (non-hydrogen) atoms. The molecule has 2 heterocycles. The zero-order valence-electron chi connectivity index (χ0n) is 10.00. The third kappa shape index (κ3) is 3.03. The summed E-state index contributed by atoms with van der Waals surface area (Å²) in [6.07, 6.45) is 5.31. The van der Waals surface area contributed by atoms with Gasteiger partial charge in [-0.2, -0.15) is 5.10 Å². The number of nitrogen functional groups attached to an aromatic ring is 1. The first kappa shape index (κ1) is 12.0. The lowest BCUT2D eigenvalue weighted by Gasteiger charge is -2.03. The van der Waals surface area contributed by atoms with E-state index in [0.717, 1.165) is 5.69 Å². The van der Waals surface area contributed by atoms with Crippen LogP contribution in [0.25, 0.3) is 0 Å². The van der Waals surface area contributed by atoms with Crippen LogP contribution in [-0.2, 0) is 13.5 Å². The van der Waals surface area contributed by atoms with E-state index in [-0.39, 0.29) is 17.4 Å². The van der Waals surface area contributed by atoms with Crippen LogP contribution >= 0.6 is 0 Å². The molecule has 7 nitrogen and oxygen atoms in total. The van der Waals surface area contributed by atoms with Crippen molar-refractivity contribution in [1.82, 2.24) is 25.1 Å². The summed E-state index contributed by atoms with van der Waals surface area (Å²) in [5.74, 6) is -0.0573. The summed E-state index contributed by atoms with van der Waals surface area (Å²) in [6.45, 7) is 0.492. The van der Waals surface area contributed by atoms with Crippen LogP contribution < -0.4 is 11.1 Å². The van der Waals surface area contributed by atoms with Gasteiger partial charge in [-0.15, -0.1) is 0 Å². The Kier molecular flexibility index (Phi) is 3.52. The SMILES string of the molecule is Cn1ccc(CCNC(=O)c2cncc(N)n2)n1. The van der Waals surface area contributed by atoms with Crippen LogP contribution in [0.3, 0.4) is 0 Å². The number of rotatable bonds is 4. The summed E-state index contributed by atoms with van der Waals surface area (Å²) in [7, 11) is 1.85. The molecule has 2 aromatic rings. The number of hydrogen-bond donors (Lipinski definition) is 2. The van der Waals surface area contributed by atoms with Crippen LogP contribution in [0.2, 0.25) is 0 Å². The van der Waals surface area contributed by atoms with E-state index in [9.17, 15) is 4.79 Å². The Bertz CT molecular complexity index is 550. The van der Waals surface area contributed by atoms with Crippen molar-refractivity contribution in [2.45, 2.75) is 6.42 Å². The lowest BCUT2D eigenvalue weighted by Crippen LogP contribution is -2.27. The van der Waals surface area contributed by atoms with Crippen LogP contribution in [0.4, 0.5) is 5.82 Å². The van der Waals surface area contributed by atoms with Gasteiger partial charge in [0, 0.05) is 26.2 Å². The van der Waals surface area contributed by atoms with Gasteiger partial charge in [0.05, 0.1) is 18.1 Å². The van der Waals surface area contributed by atoms with Gasteiger partial charge in [-0.1, -0.05) is 0 Å². The molecule has 0 atom stereocenters. The van der Waals surface area contributed by atoms with Crippen molar-refractivity contribution in [3.8, 4) is 0 Å². The van der Waals surface area contributed by atoms with Crippen LogP contribution in [0.15, 0.2) is 24.7 Å². The summed E-state index contributed by atoms with van der Waals surface area (Å²) in [4.78, 5) is 19.4. The number of aryl methyl sites for hydroxylation is 1. The van der Waals surface area contributed by atoms with E-state index in [1.807, 2.05) is 19.3 Å². The topological polar surface area (TPSA) is 98.7 Å². The summed E-state index contributed by atoms with van der Waals surface area (Å²) in [5.41, 5.74) is 6.60. The van der Waals surface area contributed by atoms with E-state index in [1.165, 1.54) is 12.4 Å². The maximum atomic E-state index is 11.7. The van der Waals surface area contributed by atoms with Gasteiger partial charge in [-0.3, -0.25) is 14.5 Å². The van der Waals surface area contributed by atoms with Gasteiger partial charge in [0.2, 0.25) is 0 Å². The number of anilines is 1. The molecule has 7 heteroatoms. The molecule has 0 aromatic carbocycles. The first-order chi connectivity index (χ1) is 8.65. The van der Waals surface area contributed by atoms with E-state index >= 15 is 0 Å². The highest BCUT2D eigenvalue weighted by Gasteiger charge is 2.07. The summed E-state index contributed by atoms with van der Waals surface area (Å²) < 4.78 is 1.72. The molecule has 3 N–H and O–H groups in total. The second-order valence-corrected chi connectivity index (χ2v) is 3.82. The van der Waals surface area contributed by atoms with E-state index in [4.69, 9.17) is 5.73 Å². The average Bonchev–Trinajstić information content (AvgIpc) is 2.75. The molecular weight excluding hydrogens is 232 g/mol. The number of carbonyl (C=O) groups excluding carboxylic acids is 1. The number of hydrogen-bond acceptors (Lipinski definition) is 5. The maximum Gasteiger partial charge on any atom is 0.271 e. The van der Waals surface area contributed by atoms with Gasteiger partial charge in [0.1, 0.15) is 11.5 Å². The molecule has 0 radical (unpaired) electrons. The van der Waals surface area contributed by atoms with E-state index in [1.54, 1.807) is 4.68 Å². The van der Waals surface area contributed by atoms with E-state index < -0.39 is 0 Å². The fourth-order valence-electron chi connectivity index (χ4n) is 1.48. The van der Waals surface area contributed by atoms with Crippen molar-refractivity contribution in [2.24, 2.45) is 7.05 Å². The second kappa shape index (κ2) is 5.26. The molecule has 0 aliphatic heterocycles. The largest absolute Gasteiger partial charge is 0.382 e. The minimum absolute atomic E-state index is 0.219. The predicted molar refractivity (Wildman–Crippen MR) is 65.7 cm³/mol. The lowest BCUT2D eigenvalue weighted by atomic mass is 10.3. The third-order valence-corrected chi connectivity index (χ3v) is 2.32. The predicted octanol–water partition coefficient (Wildman–Crippen LogP) is -0.235. The van der Waals surface area contributed by atoms with Crippen LogP contribution in [0.5, 0.6) is 0 Å². The Morgan fingerprint density at radius 1 is 1.50 bits per heavy atom. The van der Waals surface area contributed by atoms with Gasteiger partial charge in [0.15, 0.2) is 0 Å². The Morgan fingerprint density at radius 2 is 2.33 bits per heavy atom. The van der Waals surface area contributed by atoms with Crippen molar-refractivity contribution in [3.05, 3.63) is 36.0 Å². The number of nitrogens with zero attached hydrogens (tertiary/aromatic N) is 4. The molecule has 0 aliphatic rings. The molecule has 2 rings (SSSR count). The smallest absolute Gasteiger partial charge is 0.271 e. The number of nitrogens with one attached hydrogen (secondary N) is 1. The minimum atomic E-state index is -0.286. The Labute approximate surface area is 104 Å². The van der Waals surface area contributed by atoms with Crippen molar-refractivity contribution in [1.29, 1.82) is 0 Å². The van der Waals surface area contributed by atoms with Crippen LogP contribution in [-0.4, -0.2) is 32.2 Å². The fourth-order valence-corrected chi connectivity index (χ4v) is 1.48. The number of aromatic nitrogens is 4. The van der Waals surface area contributed by atoms with Gasteiger partial charge >= 0.3 is 0 Å². The van der Waals surface area contributed by atoms with E-state index in [0.29, 0.717) is 13.0 Å². The highest BCUT2D eigenvalue weighted by Crippen LogP contribution is 1.98. The molecule has 0 unspecified atom stereocenters. The summed E-state index contributed by atoms with van der Waals surface area (Å²) >= 11 is 0. The summed E-state index contributed by atoms with van der Waals surface area (Å²) in [6, 6.07) is 1.91. The monoisotopic (exact) mass is 246 g/mol. The van der Waals surface area contributed by atoms with Gasteiger partial charge in [0.25, 0.3) is 5.91 Å². The van der Waals surface area contributed by atoms with E-state index in [2.05, 4.69) is 20.4 Å². The van der Waals surface area contributed by atoms with Crippen molar-refractivity contribution in [3.63, 3.8) is 0 Å². The normalized spacial score (nSPS) is 10.3. The molecule has 94 valence electrons. The zero-order valence-corrected chi connectivity index (χ0v) is 10.00. The molecule has 0 saturated heterocycles. The van der Waals surface area contributed by atoms with Gasteiger partial charge in [-0.05, 0) is 6.07 Å². The number of carbonyl (C=O) groups is 1. The first-order valence-electron chi connectivity index (χ1n) is 5.49. The van der Waals surface area contributed by atoms with Gasteiger partial charge in [-0.25, -0.2) is 4.98 Å². The number of amides is 1. The Morgan fingerprint density at radius 3 is 3.00 bits per heavy atom. The Balaban J connectivity index is 1.85. The average molecular weight is 246 g/mol. The molecule has 2 aromatic heterocycles. The molecule has 0 bridgehead atoms. The quantitative estimate of drug-likeness (QED) is 0.776. The minimum Gasteiger partial charge on any atom is -0.382 e. The molecule has 0 saturated carbocycles. The maximum absolute atomic E-state index is 11.7. The summed E-state index contributed by atoms with van der Waals surface area (Å²) in [5, 5.41) is 6.95. The first-order valence-corrected chi connectivity index (χ1v) is 5.49. The molecule has 1 amide bonds. The van der Waals surface area contributed by atoms with Crippen molar-refractivity contribution < 1.29 is 4.79 Å². The molecule has 0 fully saturated rings. The lowest BCUT2D eigenvalue weighted by molar-refractivity contribution is 0.0949. The number of nitrogens with two attached hydrogens (primary N) is 1. The zero-order chi connectivity index (χ0) is 13.0.